The molecular formula is C11H8F2N2. The second-order valence-electron chi connectivity index (χ2n) is 3.36. The Morgan fingerprint density at radius 2 is 2.00 bits per heavy atom. The van der Waals surface area contributed by atoms with E-state index in [2.05, 4.69) is 0 Å². The van der Waals surface area contributed by atoms with Crippen LogP contribution in [0.4, 0.5) is 8.78 Å². The largest absolute Gasteiger partial charge is 0.359 e. The lowest BCUT2D eigenvalue weighted by atomic mass is 10.1. The quantitative estimate of drug-likeness (QED) is 0.705. The second kappa shape index (κ2) is 3.06. The number of fused-ring (bicyclic) bond motifs is 1. The number of aromatic nitrogens is 1. The van der Waals surface area contributed by atoms with Crippen molar-refractivity contribution in [3.8, 4) is 6.07 Å². The zero-order valence-electron chi connectivity index (χ0n) is 8.04. The topological polar surface area (TPSA) is 28.7 Å². The molecule has 0 saturated heterocycles. The van der Waals surface area contributed by atoms with Crippen LogP contribution in [-0.4, -0.2) is 4.57 Å². The number of nitrogens with zero attached hydrogens (tertiary/aromatic N) is 2. The molecule has 0 unspecified atom stereocenters. The third kappa shape index (κ3) is 1.37. The Morgan fingerprint density at radius 1 is 1.33 bits per heavy atom. The van der Waals surface area contributed by atoms with Crippen LogP contribution in [0.15, 0.2) is 30.5 Å². The maximum atomic E-state index is 13.3. The monoisotopic (exact) mass is 206 g/mol. The predicted octanol–water partition coefficient (Wildman–Crippen LogP) is 2.79. The summed E-state index contributed by atoms with van der Waals surface area (Å²) in [5, 5.41) is 8.83. The summed E-state index contributed by atoms with van der Waals surface area (Å²) in [6.45, 7) is 0. The smallest absolute Gasteiger partial charge is 0.350 e. The van der Waals surface area contributed by atoms with Gasteiger partial charge in [0.15, 0.2) is 0 Å². The molecule has 4 heteroatoms. The Hall–Kier alpha value is -1.89. The molecule has 2 rings (SSSR count). The molecule has 2 aromatic rings. The Labute approximate surface area is 85.4 Å². The first-order valence-electron chi connectivity index (χ1n) is 4.40. The zero-order valence-corrected chi connectivity index (χ0v) is 8.04. The molecule has 15 heavy (non-hydrogen) atoms. The number of halogens is 2. The average Bonchev–Trinajstić information content (AvgIpc) is 2.58. The van der Waals surface area contributed by atoms with Gasteiger partial charge in [0.1, 0.15) is 6.07 Å². The van der Waals surface area contributed by atoms with Crippen LogP contribution >= 0.6 is 0 Å². The number of rotatable bonds is 1. The van der Waals surface area contributed by atoms with E-state index < -0.39 is 5.92 Å². The summed E-state index contributed by atoms with van der Waals surface area (Å²) >= 11 is 0. The highest BCUT2D eigenvalue weighted by molar-refractivity contribution is 5.85. The first-order valence-corrected chi connectivity index (χ1v) is 4.40. The van der Waals surface area contributed by atoms with Gasteiger partial charge in [-0.05, 0) is 6.07 Å². The van der Waals surface area contributed by atoms with Gasteiger partial charge in [0.25, 0.3) is 0 Å². The van der Waals surface area contributed by atoms with Gasteiger partial charge in [-0.1, -0.05) is 18.2 Å². The number of benzene rings is 1. The minimum Gasteiger partial charge on any atom is -0.350 e. The first kappa shape index (κ1) is 9.66. The molecule has 0 N–H and O–H groups in total. The van der Waals surface area contributed by atoms with Crippen molar-refractivity contribution < 1.29 is 8.78 Å². The number of hydrogen-bond donors (Lipinski definition) is 0. The summed E-state index contributed by atoms with van der Waals surface area (Å²) in [6, 6.07) is 7.81. The molecular weight excluding hydrogens is 198 g/mol. The van der Waals surface area contributed by atoms with Crippen molar-refractivity contribution in [2.24, 2.45) is 7.05 Å². The van der Waals surface area contributed by atoms with Gasteiger partial charge >= 0.3 is 5.92 Å². The second-order valence-corrected chi connectivity index (χ2v) is 3.36. The van der Waals surface area contributed by atoms with E-state index in [0.717, 1.165) is 6.07 Å². The minimum absolute atomic E-state index is 0.233. The molecule has 2 nitrogen and oxygen atoms in total. The summed E-state index contributed by atoms with van der Waals surface area (Å²) in [4.78, 5) is 0. The third-order valence-electron chi connectivity index (χ3n) is 2.38. The van der Waals surface area contributed by atoms with Crippen molar-refractivity contribution in [1.82, 2.24) is 4.57 Å². The number of para-hydroxylation sites is 1. The minimum atomic E-state index is -3.43. The van der Waals surface area contributed by atoms with Gasteiger partial charge in [-0.25, -0.2) is 0 Å². The lowest BCUT2D eigenvalue weighted by Gasteiger charge is -2.04. The molecule has 1 aromatic carbocycles. The fourth-order valence-corrected chi connectivity index (χ4v) is 1.65. The molecule has 0 bridgehead atoms. The van der Waals surface area contributed by atoms with E-state index in [9.17, 15) is 8.78 Å². The van der Waals surface area contributed by atoms with Gasteiger partial charge < -0.3 is 4.57 Å². The molecule has 0 radical (unpaired) electrons. The summed E-state index contributed by atoms with van der Waals surface area (Å²) in [6.07, 6.45) is 1.30. The molecule has 76 valence electrons. The normalized spacial score (nSPS) is 11.6. The van der Waals surface area contributed by atoms with Gasteiger partial charge in [-0.3, -0.25) is 0 Å². The fourth-order valence-electron chi connectivity index (χ4n) is 1.65. The molecule has 0 saturated carbocycles. The first-order chi connectivity index (χ1) is 7.06. The van der Waals surface area contributed by atoms with Crippen LogP contribution in [0.2, 0.25) is 0 Å². The molecule has 0 aliphatic carbocycles. The van der Waals surface area contributed by atoms with E-state index >= 15 is 0 Å². The average molecular weight is 206 g/mol. The molecule has 0 atom stereocenters. The molecule has 0 aliphatic heterocycles. The number of aryl methyl sites for hydroxylation is 1. The lowest BCUT2D eigenvalue weighted by Crippen LogP contribution is -2.08. The lowest BCUT2D eigenvalue weighted by molar-refractivity contribution is 0.0628. The van der Waals surface area contributed by atoms with Gasteiger partial charge in [-0.15, -0.1) is 0 Å². The van der Waals surface area contributed by atoms with E-state index in [-0.39, 0.29) is 5.56 Å². The van der Waals surface area contributed by atoms with Crippen LogP contribution in [0.25, 0.3) is 10.9 Å². The van der Waals surface area contributed by atoms with Gasteiger partial charge in [0, 0.05) is 24.1 Å². The van der Waals surface area contributed by atoms with Crippen molar-refractivity contribution in [2.75, 3.05) is 0 Å². The highest BCUT2D eigenvalue weighted by atomic mass is 19.3. The van der Waals surface area contributed by atoms with E-state index in [4.69, 9.17) is 5.26 Å². The zero-order chi connectivity index (χ0) is 11.1. The maximum absolute atomic E-state index is 13.3. The third-order valence-corrected chi connectivity index (χ3v) is 2.38. The predicted molar refractivity (Wildman–Crippen MR) is 52.4 cm³/mol. The number of hydrogen-bond acceptors (Lipinski definition) is 1. The van der Waals surface area contributed by atoms with Crippen molar-refractivity contribution in [1.29, 1.82) is 5.26 Å². The molecule has 0 spiro atoms. The highest BCUT2D eigenvalue weighted by Gasteiger charge is 2.34. The molecule has 1 heterocycles. The Bertz CT molecular complexity index is 549. The van der Waals surface area contributed by atoms with Gasteiger partial charge in [-0.2, -0.15) is 14.0 Å². The summed E-state index contributed by atoms with van der Waals surface area (Å²) in [5.41, 5.74) is 0.463. The van der Waals surface area contributed by atoms with Crippen LogP contribution in [0.5, 0.6) is 0 Å². The van der Waals surface area contributed by atoms with Crippen LogP contribution in [-0.2, 0) is 13.0 Å². The van der Waals surface area contributed by atoms with Crippen molar-refractivity contribution in [3.63, 3.8) is 0 Å². The van der Waals surface area contributed by atoms with Crippen molar-refractivity contribution >= 4 is 10.9 Å². The standard InChI is InChI=1S/C11H8F2N2/c1-15-6-9(11(12,13)7-14)8-4-2-3-5-10(8)15/h2-6H,1H3. The van der Waals surface area contributed by atoms with Gasteiger partial charge in [0.2, 0.25) is 0 Å². The van der Waals surface area contributed by atoms with Crippen LogP contribution in [0.1, 0.15) is 5.56 Å². The molecule has 0 amide bonds. The van der Waals surface area contributed by atoms with Crippen molar-refractivity contribution in [3.05, 3.63) is 36.0 Å². The summed E-state index contributed by atoms with van der Waals surface area (Å²) in [5.74, 6) is -3.43. The van der Waals surface area contributed by atoms with Crippen LogP contribution < -0.4 is 0 Å². The molecule has 0 fully saturated rings. The van der Waals surface area contributed by atoms with Gasteiger partial charge in [0.05, 0.1) is 5.56 Å². The van der Waals surface area contributed by atoms with Crippen LogP contribution in [0.3, 0.4) is 0 Å². The summed E-state index contributed by atoms with van der Waals surface area (Å²) in [7, 11) is 1.68. The van der Waals surface area contributed by atoms with Crippen molar-refractivity contribution in [2.45, 2.75) is 5.92 Å². The molecule has 1 aromatic heterocycles. The Kier molecular flexibility index (Phi) is 1.97. The fraction of sp³-hybridized carbons (Fsp3) is 0.182. The molecule has 0 aliphatic rings. The SMILES string of the molecule is Cn1cc(C(F)(F)C#N)c2ccccc21. The Morgan fingerprint density at radius 3 is 2.67 bits per heavy atom. The van der Waals surface area contributed by atoms with E-state index in [1.54, 1.807) is 35.9 Å². The van der Waals surface area contributed by atoms with E-state index in [1.807, 2.05) is 0 Å². The van der Waals surface area contributed by atoms with E-state index in [1.165, 1.54) is 6.20 Å². The number of alkyl halides is 2. The summed E-state index contributed by atoms with van der Waals surface area (Å²) < 4.78 is 28.1. The van der Waals surface area contributed by atoms with Crippen LogP contribution in [0, 0.1) is 11.3 Å². The number of nitriles is 1. The Balaban J connectivity index is 2.80. The van der Waals surface area contributed by atoms with E-state index in [0.29, 0.717) is 10.9 Å². The maximum Gasteiger partial charge on any atom is 0.359 e. The highest BCUT2D eigenvalue weighted by Crippen LogP contribution is 2.33.